The lowest BCUT2D eigenvalue weighted by Crippen LogP contribution is -2.49. The van der Waals surface area contributed by atoms with E-state index in [1.807, 2.05) is 38.2 Å². The summed E-state index contributed by atoms with van der Waals surface area (Å²) in [6.07, 6.45) is 0.731. The molecule has 1 aromatic carbocycles. The molecule has 19 heavy (non-hydrogen) atoms. The van der Waals surface area contributed by atoms with E-state index in [2.05, 4.69) is 10.2 Å². The second-order valence-corrected chi connectivity index (χ2v) is 5.36. The Balaban J connectivity index is 2.21. The zero-order valence-electron chi connectivity index (χ0n) is 11.3. The minimum atomic E-state index is -0.671. The number of nitrogens with zero attached hydrogens (tertiary/aromatic N) is 1. The van der Waals surface area contributed by atoms with Gasteiger partial charge >= 0.3 is 5.97 Å². The summed E-state index contributed by atoms with van der Waals surface area (Å²) in [4.78, 5) is 14.4. The fourth-order valence-electron chi connectivity index (χ4n) is 2.43. The van der Waals surface area contributed by atoms with E-state index in [9.17, 15) is 4.79 Å². The zero-order chi connectivity index (χ0) is 13.9. The molecule has 1 heterocycles. The smallest absolute Gasteiger partial charge is 0.333 e. The maximum Gasteiger partial charge on any atom is 0.333 e. The third-order valence-corrected chi connectivity index (χ3v) is 3.57. The van der Waals surface area contributed by atoms with E-state index >= 15 is 0 Å². The number of hydrogen-bond donors (Lipinski definition) is 1. The summed E-state index contributed by atoms with van der Waals surface area (Å²) in [5.41, 5.74) is 0.172. The van der Waals surface area contributed by atoms with Gasteiger partial charge < -0.3 is 15.0 Å². The Kier molecular flexibility index (Phi) is 4.32. The lowest BCUT2D eigenvalue weighted by atomic mass is 9.98. The van der Waals surface area contributed by atoms with Crippen molar-refractivity contribution in [2.45, 2.75) is 18.9 Å². The molecule has 0 aliphatic carbocycles. The van der Waals surface area contributed by atoms with E-state index in [0.29, 0.717) is 18.2 Å². The Morgan fingerprint density at radius 3 is 2.95 bits per heavy atom. The number of benzene rings is 1. The van der Waals surface area contributed by atoms with Crippen LogP contribution < -0.4 is 5.32 Å². The minimum absolute atomic E-state index is 0.195. The van der Waals surface area contributed by atoms with Gasteiger partial charge in [0.1, 0.15) is 5.54 Å². The lowest BCUT2D eigenvalue weighted by molar-refractivity contribution is -0.148. The first-order valence-corrected chi connectivity index (χ1v) is 6.83. The highest BCUT2D eigenvalue weighted by Gasteiger charge is 2.45. The zero-order valence-corrected chi connectivity index (χ0v) is 12.0. The van der Waals surface area contributed by atoms with Gasteiger partial charge in [0.05, 0.1) is 6.61 Å². The molecule has 1 N–H and O–H groups in total. The second-order valence-electron chi connectivity index (χ2n) is 4.93. The summed E-state index contributed by atoms with van der Waals surface area (Å²) in [5.74, 6) is -0.195. The number of halogens is 1. The number of hydrogen-bond acceptors (Lipinski definition) is 4. The van der Waals surface area contributed by atoms with Gasteiger partial charge in [-0.3, -0.25) is 0 Å². The molecule has 0 aromatic heterocycles. The van der Waals surface area contributed by atoms with Crippen molar-refractivity contribution in [3.63, 3.8) is 0 Å². The van der Waals surface area contributed by atoms with Crippen LogP contribution in [0.25, 0.3) is 0 Å². The normalized spacial score (nSPS) is 23.3. The monoisotopic (exact) mass is 282 g/mol. The minimum Gasteiger partial charge on any atom is -0.464 e. The van der Waals surface area contributed by atoms with Crippen molar-refractivity contribution in [3.8, 4) is 0 Å². The fourth-order valence-corrected chi connectivity index (χ4v) is 2.62. The highest BCUT2D eigenvalue weighted by atomic mass is 35.5. The maximum absolute atomic E-state index is 12.3. The van der Waals surface area contributed by atoms with E-state index in [1.165, 1.54) is 0 Å². The van der Waals surface area contributed by atoms with E-state index in [0.717, 1.165) is 18.7 Å². The van der Waals surface area contributed by atoms with Crippen LogP contribution in [0, 0.1) is 0 Å². The lowest BCUT2D eigenvalue weighted by Gasteiger charge is -2.29. The number of ether oxygens (including phenoxy) is 1. The number of anilines is 1. The van der Waals surface area contributed by atoms with Crippen LogP contribution in [0.1, 0.15) is 13.3 Å². The third kappa shape index (κ3) is 3.19. The SMILES string of the molecule is CCOC(=O)C1(Nc2cccc(Cl)c2)CCN(C)C1. The van der Waals surface area contributed by atoms with Gasteiger partial charge in [0.15, 0.2) is 0 Å². The van der Waals surface area contributed by atoms with Gasteiger partial charge in [-0.2, -0.15) is 0 Å². The van der Waals surface area contributed by atoms with Crippen LogP contribution in [0.3, 0.4) is 0 Å². The molecule has 1 aliphatic heterocycles. The van der Waals surface area contributed by atoms with Crippen molar-refractivity contribution in [2.24, 2.45) is 0 Å². The Morgan fingerprint density at radius 2 is 2.37 bits per heavy atom. The Bertz CT molecular complexity index is 467. The van der Waals surface area contributed by atoms with Crippen molar-refractivity contribution in [2.75, 3.05) is 32.1 Å². The number of carbonyl (C=O) groups excluding carboxylic acids is 1. The molecule has 0 spiro atoms. The van der Waals surface area contributed by atoms with Gasteiger partial charge in [-0.15, -0.1) is 0 Å². The molecular weight excluding hydrogens is 264 g/mol. The fraction of sp³-hybridized carbons (Fsp3) is 0.500. The topological polar surface area (TPSA) is 41.6 Å². The largest absolute Gasteiger partial charge is 0.464 e. The van der Waals surface area contributed by atoms with Crippen molar-refractivity contribution >= 4 is 23.3 Å². The average Bonchev–Trinajstić information content (AvgIpc) is 2.72. The van der Waals surface area contributed by atoms with Crippen molar-refractivity contribution in [1.82, 2.24) is 4.90 Å². The van der Waals surface area contributed by atoms with Gasteiger partial charge in [-0.05, 0) is 38.6 Å². The molecule has 4 nitrogen and oxygen atoms in total. The highest BCUT2D eigenvalue weighted by molar-refractivity contribution is 6.30. The molecule has 0 radical (unpaired) electrons. The van der Waals surface area contributed by atoms with Crippen LogP contribution in [0.5, 0.6) is 0 Å². The van der Waals surface area contributed by atoms with Crippen molar-refractivity contribution in [1.29, 1.82) is 0 Å². The molecule has 1 atom stereocenters. The molecule has 0 amide bonds. The van der Waals surface area contributed by atoms with Crippen molar-refractivity contribution < 1.29 is 9.53 Å². The Morgan fingerprint density at radius 1 is 1.58 bits per heavy atom. The van der Waals surface area contributed by atoms with Crippen LogP contribution in [0.4, 0.5) is 5.69 Å². The molecule has 1 aliphatic rings. The van der Waals surface area contributed by atoms with Crippen LogP contribution in [-0.2, 0) is 9.53 Å². The molecule has 0 saturated carbocycles. The number of nitrogens with one attached hydrogen (secondary N) is 1. The molecule has 1 saturated heterocycles. The number of likely N-dealkylation sites (N-methyl/N-ethyl adjacent to an activating group) is 1. The summed E-state index contributed by atoms with van der Waals surface area (Å²) in [5, 5.41) is 3.96. The first-order valence-electron chi connectivity index (χ1n) is 6.45. The molecular formula is C14H19ClN2O2. The van der Waals surface area contributed by atoms with Crippen LogP contribution in [0.15, 0.2) is 24.3 Å². The summed E-state index contributed by atoms with van der Waals surface area (Å²) < 4.78 is 5.22. The van der Waals surface area contributed by atoms with Gasteiger partial charge in [-0.25, -0.2) is 4.79 Å². The molecule has 1 unspecified atom stereocenters. The maximum atomic E-state index is 12.3. The second kappa shape index (κ2) is 5.80. The molecule has 0 bridgehead atoms. The standard InChI is InChI=1S/C14H19ClN2O2/c1-3-19-13(18)14(7-8-17(2)10-14)16-12-6-4-5-11(15)9-12/h4-6,9,16H,3,7-8,10H2,1-2H3. The quantitative estimate of drug-likeness (QED) is 0.861. The summed E-state index contributed by atoms with van der Waals surface area (Å²) in [6.45, 7) is 3.72. The molecule has 2 rings (SSSR count). The third-order valence-electron chi connectivity index (χ3n) is 3.33. The van der Waals surface area contributed by atoms with E-state index in [1.54, 1.807) is 0 Å². The summed E-state index contributed by atoms with van der Waals surface area (Å²) in [7, 11) is 2.00. The van der Waals surface area contributed by atoms with Crippen molar-refractivity contribution in [3.05, 3.63) is 29.3 Å². The predicted octanol–water partition coefficient (Wildman–Crippen LogP) is 2.39. The summed E-state index contributed by atoms with van der Waals surface area (Å²) >= 11 is 5.98. The van der Waals surface area contributed by atoms with Crippen LogP contribution in [0.2, 0.25) is 5.02 Å². The average molecular weight is 283 g/mol. The number of rotatable bonds is 4. The van der Waals surface area contributed by atoms with Crippen LogP contribution in [-0.4, -0.2) is 43.2 Å². The van der Waals surface area contributed by atoms with Gasteiger partial charge in [0.2, 0.25) is 0 Å². The van der Waals surface area contributed by atoms with Gasteiger partial charge in [0, 0.05) is 23.8 Å². The van der Waals surface area contributed by atoms with E-state index in [-0.39, 0.29) is 5.97 Å². The molecule has 1 fully saturated rings. The number of carbonyl (C=O) groups is 1. The number of likely N-dealkylation sites (tertiary alicyclic amines) is 1. The van der Waals surface area contributed by atoms with Gasteiger partial charge in [0.25, 0.3) is 0 Å². The van der Waals surface area contributed by atoms with E-state index in [4.69, 9.17) is 16.3 Å². The predicted molar refractivity (Wildman–Crippen MR) is 76.6 cm³/mol. The highest BCUT2D eigenvalue weighted by Crippen LogP contribution is 2.28. The molecule has 1 aromatic rings. The Labute approximate surface area is 118 Å². The van der Waals surface area contributed by atoms with E-state index < -0.39 is 5.54 Å². The van der Waals surface area contributed by atoms with Crippen LogP contribution >= 0.6 is 11.6 Å². The molecule has 104 valence electrons. The van der Waals surface area contributed by atoms with Gasteiger partial charge in [-0.1, -0.05) is 17.7 Å². The first-order chi connectivity index (χ1) is 9.05. The summed E-state index contributed by atoms with van der Waals surface area (Å²) in [6, 6.07) is 7.40. The Hall–Kier alpha value is -1.26. The molecule has 5 heteroatoms. The number of esters is 1. The first kappa shape index (κ1) is 14.2.